The zero-order chi connectivity index (χ0) is 13.7. The number of nitrogens with one attached hydrogen (secondary N) is 1. The lowest BCUT2D eigenvalue weighted by Crippen LogP contribution is -2.27. The highest BCUT2D eigenvalue weighted by atomic mass is 15.0. The van der Waals surface area contributed by atoms with Crippen molar-refractivity contribution in [1.29, 1.82) is 0 Å². The van der Waals surface area contributed by atoms with Gasteiger partial charge in [-0.25, -0.2) is 0 Å². The topological polar surface area (TPSA) is 24.9 Å². The average molecular weight is 270 g/mol. The van der Waals surface area contributed by atoms with Crippen molar-refractivity contribution in [3.63, 3.8) is 0 Å². The van der Waals surface area contributed by atoms with Gasteiger partial charge in [-0.2, -0.15) is 0 Å². The van der Waals surface area contributed by atoms with E-state index in [0.29, 0.717) is 6.04 Å². The fourth-order valence-electron chi connectivity index (χ4n) is 5.39. The third-order valence-electron chi connectivity index (χ3n) is 6.21. The molecule has 2 nitrogen and oxygen atoms in total. The molecule has 2 bridgehead atoms. The summed E-state index contributed by atoms with van der Waals surface area (Å²) in [7, 11) is 0. The normalized spacial score (nSPS) is 38.8. The number of hydrogen-bond donors (Lipinski definition) is 1. The molecule has 1 aromatic rings. The molecule has 5 atom stereocenters. The highest BCUT2D eigenvalue weighted by Gasteiger charge is 2.66. The Morgan fingerprint density at radius 3 is 2.70 bits per heavy atom. The molecule has 1 N–H and O–H groups in total. The standard InChI is InChI=1S/C18H26N2/c1-3-7-20-18(14-10-19-8-6-11(14)2)17-15-12-4-5-13(9-12)16(15)17/h6,8,10,12-13,15-18,20H,3-5,7,9H2,1-2H3. The van der Waals surface area contributed by atoms with E-state index in [-0.39, 0.29) is 0 Å². The van der Waals surface area contributed by atoms with Gasteiger partial charge in [-0.15, -0.1) is 0 Å². The summed E-state index contributed by atoms with van der Waals surface area (Å²) in [6.07, 6.45) is 9.80. The average Bonchev–Trinajstić information content (AvgIpc) is 2.88. The fraction of sp³-hybridized carbons (Fsp3) is 0.722. The third-order valence-corrected chi connectivity index (χ3v) is 6.21. The molecule has 3 aliphatic rings. The van der Waals surface area contributed by atoms with Gasteiger partial charge in [-0.05, 0) is 85.9 Å². The summed E-state index contributed by atoms with van der Waals surface area (Å²) in [5, 5.41) is 3.85. The van der Waals surface area contributed by atoms with Crippen molar-refractivity contribution < 1.29 is 0 Å². The summed E-state index contributed by atoms with van der Waals surface area (Å²) in [6, 6.07) is 2.73. The van der Waals surface area contributed by atoms with Gasteiger partial charge in [0.05, 0.1) is 0 Å². The van der Waals surface area contributed by atoms with Crippen LogP contribution in [0.15, 0.2) is 18.5 Å². The first-order valence-corrected chi connectivity index (χ1v) is 8.45. The van der Waals surface area contributed by atoms with Crippen LogP contribution in [0.25, 0.3) is 0 Å². The molecular formula is C18H26N2. The molecule has 2 heteroatoms. The van der Waals surface area contributed by atoms with Gasteiger partial charge >= 0.3 is 0 Å². The minimum Gasteiger partial charge on any atom is -0.310 e. The number of hydrogen-bond acceptors (Lipinski definition) is 2. The second-order valence-corrected chi connectivity index (χ2v) is 7.23. The smallest absolute Gasteiger partial charge is 0.0372 e. The molecule has 0 saturated heterocycles. The summed E-state index contributed by atoms with van der Waals surface area (Å²) in [6.45, 7) is 5.63. The van der Waals surface area contributed by atoms with E-state index in [9.17, 15) is 0 Å². The first-order chi connectivity index (χ1) is 9.81. The van der Waals surface area contributed by atoms with Gasteiger partial charge in [0.15, 0.2) is 0 Å². The van der Waals surface area contributed by atoms with Gasteiger partial charge in [0.25, 0.3) is 0 Å². The zero-order valence-corrected chi connectivity index (χ0v) is 12.7. The molecule has 1 aromatic heterocycles. The van der Waals surface area contributed by atoms with E-state index in [0.717, 1.165) is 36.1 Å². The number of fused-ring (bicyclic) bond motifs is 5. The van der Waals surface area contributed by atoms with Gasteiger partial charge in [0.2, 0.25) is 0 Å². The Hall–Kier alpha value is -0.890. The predicted molar refractivity (Wildman–Crippen MR) is 81.3 cm³/mol. The number of rotatable bonds is 5. The minimum atomic E-state index is 0.557. The van der Waals surface area contributed by atoms with Crippen molar-refractivity contribution in [3.8, 4) is 0 Å². The maximum absolute atomic E-state index is 4.39. The predicted octanol–water partition coefficient (Wildman–Crippen LogP) is 3.72. The lowest BCUT2D eigenvalue weighted by Gasteiger charge is -2.23. The zero-order valence-electron chi connectivity index (χ0n) is 12.7. The van der Waals surface area contributed by atoms with Crippen LogP contribution in [0.1, 0.15) is 49.8 Å². The van der Waals surface area contributed by atoms with Crippen LogP contribution in [0, 0.1) is 36.5 Å². The molecule has 4 rings (SSSR count). The van der Waals surface area contributed by atoms with Crippen LogP contribution in [0.4, 0.5) is 0 Å². The maximum atomic E-state index is 4.39. The molecule has 0 aliphatic heterocycles. The van der Waals surface area contributed by atoms with Gasteiger partial charge in [0, 0.05) is 18.4 Å². The molecule has 3 fully saturated rings. The molecule has 0 aromatic carbocycles. The molecular weight excluding hydrogens is 244 g/mol. The SMILES string of the molecule is CCCNC(c1cnccc1C)C1C2C3CCC(C3)C21. The maximum Gasteiger partial charge on any atom is 0.0372 e. The number of pyridine rings is 1. The van der Waals surface area contributed by atoms with Crippen molar-refractivity contribution in [2.24, 2.45) is 29.6 Å². The van der Waals surface area contributed by atoms with Crippen LogP contribution in [0.2, 0.25) is 0 Å². The van der Waals surface area contributed by atoms with Gasteiger partial charge in [0.1, 0.15) is 0 Å². The summed E-state index contributed by atoms with van der Waals surface area (Å²) < 4.78 is 0. The third kappa shape index (κ3) is 1.84. The summed E-state index contributed by atoms with van der Waals surface area (Å²) in [5.74, 6) is 5.07. The van der Waals surface area contributed by atoms with Crippen molar-refractivity contribution in [2.45, 2.75) is 45.6 Å². The molecule has 3 saturated carbocycles. The van der Waals surface area contributed by atoms with E-state index >= 15 is 0 Å². The molecule has 0 amide bonds. The van der Waals surface area contributed by atoms with E-state index in [2.05, 4.69) is 36.4 Å². The molecule has 0 spiro atoms. The first kappa shape index (κ1) is 12.8. The second kappa shape index (κ2) is 4.84. The number of aromatic nitrogens is 1. The summed E-state index contributed by atoms with van der Waals surface area (Å²) >= 11 is 0. The van der Waals surface area contributed by atoms with Crippen LogP contribution in [0.5, 0.6) is 0 Å². The summed E-state index contributed by atoms with van der Waals surface area (Å²) in [4.78, 5) is 4.39. The Bertz CT molecular complexity index is 482. The molecule has 3 aliphatic carbocycles. The Morgan fingerprint density at radius 2 is 2.05 bits per heavy atom. The second-order valence-electron chi connectivity index (χ2n) is 7.23. The van der Waals surface area contributed by atoms with E-state index in [1.54, 1.807) is 6.42 Å². The van der Waals surface area contributed by atoms with Crippen molar-refractivity contribution in [2.75, 3.05) is 6.54 Å². The van der Waals surface area contributed by atoms with Crippen molar-refractivity contribution >= 4 is 0 Å². The molecule has 1 heterocycles. The van der Waals surface area contributed by atoms with Gasteiger partial charge < -0.3 is 5.32 Å². The Kier molecular flexibility index (Phi) is 3.10. The highest BCUT2D eigenvalue weighted by Crippen LogP contribution is 2.72. The first-order valence-electron chi connectivity index (χ1n) is 8.45. The van der Waals surface area contributed by atoms with Gasteiger partial charge in [-0.1, -0.05) is 6.92 Å². The Labute approximate surface area is 122 Å². The molecule has 108 valence electrons. The summed E-state index contributed by atoms with van der Waals surface area (Å²) in [5.41, 5.74) is 2.87. The van der Waals surface area contributed by atoms with E-state index in [4.69, 9.17) is 0 Å². The Morgan fingerprint density at radius 1 is 1.30 bits per heavy atom. The number of nitrogens with zero attached hydrogens (tertiary/aromatic N) is 1. The van der Waals surface area contributed by atoms with E-state index in [1.807, 2.05) is 6.20 Å². The van der Waals surface area contributed by atoms with Crippen LogP contribution >= 0.6 is 0 Å². The monoisotopic (exact) mass is 270 g/mol. The van der Waals surface area contributed by atoms with Crippen LogP contribution in [-0.4, -0.2) is 11.5 Å². The fourth-order valence-corrected chi connectivity index (χ4v) is 5.39. The van der Waals surface area contributed by atoms with Crippen LogP contribution < -0.4 is 5.32 Å². The molecule has 0 radical (unpaired) electrons. The van der Waals surface area contributed by atoms with Crippen LogP contribution in [0.3, 0.4) is 0 Å². The quantitative estimate of drug-likeness (QED) is 0.882. The highest BCUT2D eigenvalue weighted by molar-refractivity contribution is 5.30. The largest absolute Gasteiger partial charge is 0.310 e. The van der Waals surface area contributed by atoms with E-state index in [1.165, 1.54) is 30.4 Å². The van der Waals surface area contributed by atoms with E-state index < -0.39 is 0 Å². The number of aryl methyl sites for hydroxylation is 1. The van der Waals surface area contributed by atoms with Crippen LogP contribution in [-0.2, 0) is 0 Å². The Balaban J connectivity index is 1.59. The molecule has 5 unspecified atom stereocenters. The lowest BCUT2D eigenvalue weighted by atomic mass is 9.91. The van der Waals surface area contributed by atoms with Crippen molar-refractivity contribution in [3.05, 3.63) is 29.6 Å². The van der Waals surface area contributed by atoms with Gasteiger partial charge in [-0.3, -0.25) is 4.98 Å². The minimum absolute atomic E-state index is 0.557. The lowest BCUT2D eigenvalue weighted by molar-refractivity contribution is 0.368. The van der Waals surface area contributed by atoms with Crippen molar-refractivity contribution in [1.82, 2.24) is 10.3 Å². The molecule has 20 heavy (non-hydrogen) atoms.